The Morgan fingerprint density at radius 3 is 1.54 bits per heavy atom. The molecule has 14 rings (SSSR count). The Labute approximate surface area is 711 Å². The van der Waals surface area contributed by atoms with Crippen molar-refractivity contribution in [1.82, 2.24) is 5.32 Å². The predicted molar refractivity (Wildman–Crippen MR) is 475 cm³/mol. The van der Waals surface area contributed by atoms with Crippen molar-refractivity contribution in [3.05, 3.63) is 256 Å². The summed E-state index contributed by atoms with van der Waals surface area (Å²) in [5.41, 5.74) is 15.7. The lowest BCUT2D eigenvalue weighted by Gasteiger charge is -2.22. The predicted octanol–water partition coefficient (Wildman–Crippen LogP) is 17.8. The smallest absolute Gasteiger partial charge is 0.198 e. The highest BCUT2D eigenvalue weighted by atomic mass is 127. The molecule has 0 radical (unpaired) electrons. The minimum atomic E-state index is -3.37. The summed E-state index contributed by atoms with van der Waals surface area (Å²) in [6.07, 6.45) is 10.8. The average molecular weight is 1920 g/mol. The number of ether oxygens (including phenoxy) is 9. The quantitative estimate of drug-likeness (QED) is 0.0311. The number of alkyl halides is 1. The number of rotatable bonds is 23. The van der Waals surface area contributed by atoms with Crippen molar-refractivity contribution < 1.29 is 61.3 Å². The van der Waals surface area contributed by atoms with Crippen molar-refractivity contribution in [2.45, 2.75) is 126 Å². The molecule has 0 amide bonds. The van der Waals surface area contributed by atoms with Crippen molar-refractivity contribution in [2.75, 3.05) is 134 Å². The third-order valence-electron chi connectivity index (χ3n) is 19.5. The van der Waals surface area contributed by atoms with Gasteiger partial charge in [-0.2, -0.15) is 0 Å². The summed E-state index contributed by atoms with van der Waals surface area (Å²) in [5, 5.41) is 21.8. The Balaban J connectivity index is 0.000000179. The molecule has 2 aliphatic carbocycles. The summed E-state index contributed by atoms with van der Waals surface area (Å²) in [6, 6.07) is 63.8. The van der Waals surface area contributed by atoms with Gasteiger partial charge in [-0.1, -0.05) is 160 Å². The number of aliphatic hydroxyl groups is 2. The van der Waals surface area contributed by atoms with Crippen LogP contribution in [-0.4, -0.2) is 187 Å². The summed E-state index contributed by atoms with van der Waals surface area (Å²) >= 11 is 15.7. The van der Waals surface area contributed by atoms with Gasteiger partial charge in [0.15, 0.2) is 28.7 Å². The third kappa shape index (κ3) is 31.2. The van der Waals surface area contributed by atoms with Crippen LogP contribution in [0.5, 0.6) is 5.75 Å². The van der Waals surface area contributed by atoms with E-state index in [-0.39, 0.29) is 49.2 Å². The lowest BCUT2D eigenvalue weighted by Crippen LogP contribution is -2.27. The van der Waals surface area contributed by atoms with Crippen LogP contribution in [0.1, 0.15) is 89.5 Å². The zero-order chi connectivity index (χ0) is 80.2. The van der Waals surface area contributed by atoms with Crippen LogP contribution in [0.4, 0.5) is 17.1 Å². The molecule has 4 aliphatic heterocycles. The molecular formula is C88H110Br4IN5O13S. The Hall–Kier alpha value is -5.47. The first kappa shape index (κ1) is 92.0. The minimum absolute atomic E-state index is 0.0648. The summed E-state index contributed by atoms with van der Waals surface area (Å²) < 4.78 is 77.6. The van der Waals surface area contributed by atoms with E-state index >= 15 is 0 Å². The molecule has 4 saturated heterocycles. The molecule has 8 aromatic rings. The molecular weight excluding hydrogens is 1810 g/mol. The van der Waals surface area contributed by atoms with E-state index < -0.39 is 9.84 Å². The van der Waals surface area contributed by atoms with Crippen molar-refractivity contribution >= 4 is 124 Å². The first-order chi connectivity index (χ1) is 54.2. The molecule has 0 unspecified atom stereocenters. The molecule has 0 bridgehead atoms. The van der Waals surface area contributed by atoms with Gasteiger partial charge in [-0.05, 0) is 249 Å². The van der Waals surface area contributed by atoms with E-state index in [4.69, 9.17) is 47.7 Å². The highest BCUT2D eigenvalue weighted by Crippen LogP contribution is 2.36. The van der Waals surface area contributed by atoms with E-state index in [0.29, 0.717) is 24.7 Å². The maximum absolute atomic E-state index is 12.4. The number of allylic oxidation sites excluding steroid dienone is 1. The van der Waals surface area contributed by atoms with Gasteiger partial charge < -0.3 is 72.9 Å². The van der Waals surface area contributed by atoms with Gasteiger partial charge in [0.1, 0.15) is 18.2 Å². The molecule has 3 N–H and O–H groups in total. The summed E-state index contributed by atoms with van der Waals surface area (Å²) in [7, 11) is 6.36. The molecule has 4 heterocycles. The topological polar surface area (TPSA) is 192 Å². The highest BCUT2D eigenvalue weighted by Gasteiger charge is 2.27. The van der Waals surface area contributed by atoms with Crippen molar-refractivity contribution in [2.24, 2.45) is 4.99 Å². The summed E-state index contributed by atoms with van der Waals surface area (Å²) in [5.74, 6) is 0.751. The maximum atomic E-state index is 12.4. The maximum Gasteiger partial charge on any atom is 0.198 e. The van der Waals surface area contributed by atoms with Crippen LogP contribution in [0.2, 0.25) is 0 Å². The molecule has 4 atom stereocenters. The molecule has 6 aliphatic rings. The van der Waals surface area contributed by atoms with Gasteiger partial charge in [0, 0.05) is 128 Å². The minimum Gasteiger partial charge on any atom is -0.489 e. The van der Waals surface area contributed by atoms with E-state index in [2.05, 4.69) is 246 Å². The Morgan fingerprint density at radius 2 is 1.05 bits per heavy atom. The van der Waals surface area contributed by atoms with Crippen molar-refractivity contribution in [3.8, 4) is 5.75 Å². The average Bonchev–Trinajstić information content (AvgIpc) is 1.37. The lowest BCUT2D eigenvalue weighted by atomic mass is 9.87. The second kappa shape index (κ2) is 49.6. The number of methoxy groups -OCH3 is 6. The summed E-state index contributed by atoms with van der Waals surface area (Å²) in [4.78, 5) is 11.7. The second-order valence-corrected chi connectivity index (χ2v) is 34.2. The van der Waals surface area contributed by atoms with Crippen LogP contribution >= 0.6 is 86.3 Å². The second-order valence-electron chi connectivity index (χ2n) is 27.6. The molecule has 606 valence electrons. The zero-order valence-electron chi connectivity index (χ0n) is 65.5. The number of sulfone groups is 1. The number of aryl methyl sites for hydroxylation is 4. The van der Waals surface area contributed by atoms with Crippen LogP contribution in [0.25, 0.3) is 5.57 Å². The number of β-amino-alcohol motifs (C(OH)–C–C–N with tert-alkyl or cyclic N) is 2. The number of fused-ring (bicyclic) bond motifs is 2. The van der Waals surface area contributed by atoms with Crippen molar-refractivity contribution in [1.29, 1.82) is 0 Å². The van der Waals surface area contributed by atoms with Crippen LogP contribution < -0.4 is 24.8 Å². The molecule has 8 aromatic carbocycles. The highest BCUT2D eigenvalue weighted by molar-refractivity contribution is 14.1. The Kier molecular flexibility index (Phi) is 40.7. The van der Waals surface area contributed by atoms with Gasteiger partial charge in [-0.3, -0.25) is 4.99 Å². The van der Waals surface area contributed by atoms with E-state index in [0.717, 1.165) is 151 Å². The van der Waals surface area contributed by atoms with E-state index in [9.17, 15) is 13.5 Å². The van der Waals surface area contributed by atoms with Gasteiger partial charge >= 0.3 is 0 Å². The molecule has 0 aromatic heterocycles. The van der Waals surface area contributed by atoms with Crippen LogP contribution in [0.15, 0.2) is 217 Å². The van der Waals surface area contributed by atoms with Crippen LogP contribution in [0, 0.1) is 17.4 Å². The van der Waals surface area contributed by atoms with Gasteiger partial charge in [0.25, 0.3) is 0 Å². The first-order valence-corrected chi connectivity index (χ1v) is 44.2. The lowest BCUT2D eigenvalue weighted by molar-refractivity contribution is -0.149. The van der Waals surface area contributed by atoms with E-state index in [1.807, 2.05) is 61.5 Å². The molecule has 0 spiro atoms. The molecule has 18 nitrogen and oxygen atoms in total. The van der Waals surface area contributed by atoms with Gasteiger partial charge in [-0.15, -0.1) is 0 Å². The van der Waals surface area contributed by atoms with Crippen molar-refractivity contribution in [3.63, 3.8) is 0 Å². The number of anilines is 3. The standard InChI is InChI=1S/C31H35NO4.C19H21NO2S.C14H20BrNO3.C10H12BrNO.C6H4BrI.C4H9BrO2.C4H9NO/c1-33-31(34-2)22-36-28-17-18-32(20-28)26-13-11-24(12-14-26)29-10-6-9-25-19-27(15-16-30(25)29)35-21-23-7-4-3-5-8-23;1-14-6-9-17(10-7-14)23(21,22)13-20-19-5-3-4-16-12-15(2)8-11-18(16)19;1-17-14(18-2)10-19-13-7-8-16(9-13)12-5-3-11(15)4-6-12;11-8-1-3-9(4-2-8)12-6-5-10(13)7-12;7-5-1-3-6(8)4-2-5;1-6-4(3-5)7-2;6-4-1-2-5-3-4/h3-5,7-8,10-16,19,28,31H,6,9,17-18,20-22H2,1-2H3;6-12H,3-5,13H2,1-2H3;3-6,13-14H,7-10H2,1-2H3;1-4,10,13H,5-7H2;1-4H;4H,3H2,1-2H3;4-6H,1-3H2/t28-;;13-;10-;;;4-/m0.00..0/s1. The van der Waals surface area contributed by atoms with Crippen LogP contribution in [-0.2, 0) is 67.2 Å². The largest absolute Gasteiger partial charge is 0.489 e. The van der Waals surface area contributed by atoms with Crippen LogP contribution in [0.3, 0.4) is 0 Å². The van der Waals surface area contributed by atoms with Gasteiger partial charge in [-0.25, -0.2) is 8.42 Å². The number of halogens is 5. The Bertz CT molecular complexity index is 4170. The number of aliphatic hydroxyl groups excluding tert-OH is 2. The monoisotopic (exact) mass is 1920 g/mol. The van der Waals surface area contributed by atoms with Gasteiger partial charge in [0.2, 0.25) is 0 Å². The first-order valence-electron chi connectivity index (χ1n) is 37.9. The summed E-state index contributed by atoms with van der Waals surface area (Å²) in [6.45, 7) is 12.9. The fourth-order valence-electron chi connectivity index (χ4n) is 13.1. The number of benzene rings is 8. The van der Waals surface area contributed by atoms with Gasteiger partial charge in [0.05, 0.1) is 47.9 Å². The Morgan fingerprint density at radius 1 is 0.545 bits per heavy atom. The molecule has 112 heavy (non-hydrogen) atoms. The fourth-order valence-corrected chi connectivity index (χ4v) is 15.8. The fraction of sp³-hybridized carbons (Fsp3) is 0.420. The number of hydrogen-bond acceptors (Lipinski definition) is 18. The number of nitrogens with zero attached hydrogens (tertiary/aromatic N) is 4. The zero-order valence-corrected chi connectivity index (χ0v) is 74.9. The number of aliphatic imine (C=N–C) groups is 1. The van der Waals surface area contributed by atoms with E-state index in [1.54, 1.807) is 54.8 Å². The SMILES string of the molecule is Brc1ccc(I)cc1.COC(CBr)OC.COC(CO[C@H]1CCN(c2ccc(Br)cc2)C1)OC.COC(CO[C@H]1CCN(c2ccc(C3=CCCc4cc(OCc5ccccc5)ccc43)cc2)C1)OC.Cc1ccc(S(=O)(=O)CN=C2CCCc3cc(C)ccc32)cc1.O[C@H]1CCN(c2ccc(Br)cc2)C1.O[C@H]1CCNC1. The normalized spacial score (nSPS) is 17.9. The van der Waals surface area contributed by atoms with E-state index in [1.165, 1.54) is 59.6 Å². The number of nitrogens with one attached hydrogen (secondary N) is 1. The number of hydrogen-bond donors (Lipinski definition) is 3. The third-order valence-corrected chi connectivity index (χ3v) is 23.8. The molecule has 4 fully saturated rings. The molecule has 0 saturated carbocycles. The molecule has 24 heteroatoms.